The van der Waals surface area contributed by atoms with E-state index in [1.54, 1.807) is 0 Å². The molecule has 1 aromatic rings. The molecular weight excluding hydrogens is 358 g/mol. The van der Waals surface area contributed by atoms with E-state index >= 15 is 0 Å². The molecule has 10 heteroatoms. The van der Waals surface area contributed by atoms with Crippen LogP contribution in [0, 0.1) is 0 Å². The molecule has 0 atom stereocenters. The molecule has 1 saturated carbocycles. The van der Waals surface area contributed by atoms with Gasteiger partial charge in [0.15, 0.2) is 0 Å². The Morgan fingerprint density at radius 2 is 1.96 bits per heavy atom. The molecule has 9 nitrogen and oxygen atoms in total. The van der Waals surface area contributed by atoms with Crippen molar-refractivity contribution >= 4 is 28.3 Å². The van der Waals surface area contributed by atoms with Gasteiger partial charge in [-0.1, -0.05) is 11.3 Å². The van der Waals surface area contributed by atoms with Crippen molar-refractivity contribution < 1.29 is 19.1 Å². The van der Waals surface area contributed by atoms with Crippen molar-refractivity contribution in [1.82, 2.24) is 20.8 Å². The first-order chi connectivity index (χ1) is 12.7. The lowest BCUT2D eigenvalue weighted by Gasteiger charge is -2.28. The van der Waals surface area contributed by atoms with E-state index < -0.39 is 0 Å². The normalized spacial score (nSPS) is 23.5. The maximum absolute atomic E-state index is 12.4. The molecule has 1 aromatic heterocycles. The molecule has 0 spiro atoms. The number of aromatic nitrogens is 2. The second-order valence-corrected chi connectivity index (χ2v) is 7.42. The zero-order valence-electron chi connectivity index (χ0n) is 14.9. The Bertz CT molecular complexity index is 612. The number of rotatable bonds is 6. The lowest BCUT2D eigenvalue weighted by atomic mass is 9.93. The van der Waals surface area contributed by atoms with Crippen molar-refractivity contribution in [3.63, 3.8) is 0 Å². The van der Waals surface area contributed by atoms with Gasteiger partial charge in [0.2, 0.25) is 10.1 Å². The van der Waals surface area contributed by atoms with Crippen LogP contribution in [0.4, 0.5) is 5.13 Å². The van der Waals surface area contributed by atoms with E-state index in [9.17, 15) is 9.59 Å². The fraction of sp³-hybridized carbons (Fsp3) is 0.750. The lowest BCUT2D eigenvalue weighted by Crippen LogP contribution is -2.43. The van der Waals surface area contributed by atoms with E-state index in [0.717, 1.165) is 57.0 Å². The summed E-state index contributed by atoms with van der Waals surface area (Å²) in [6.07, 6.45) is 3.30. The SMILES string of the molecule is COC(=O)COC1CCC(NC(=O)c2nnc(N3CCNCC3)s2)CC1. The Morgan fingerprint density at radius 3 is 2.65 bits per heavy atom. The Morgan fingerprint density at radius 1 is 1.23 bits per heavy atom. The summed E-state index contributed by atoms with van der Waals surface area (Å²) < 4.78 is 10.1. The first-order valence-corrected chi connectivity index (χ1v) is 9.76. The van der Waals surface area contributed by atoms with Crippen LogP contribution < -0.4 is 15.5 Å². The predicted octanol–water partition coefficient (Wildman–Crippen LogP) is 0.178. The molecular formula is C16H25N5O4S. The van der Waals surface area contributed by atoms with Gasteiger partial charge in [-0.15, -0.1) is 10.2 Å². The number of hydrogen-bond donors (Lipinski definition) is 2. The fourth-order valence-corrected chi connectivity index (χ4v) is 3.96. The summed E-state index contributed by atoms with van der Waals surface area (Å²) in [6.45, 7) is 3.58. The summed E-state index contributed by atoms with van der Waals surface area (Å²) in [5.74, 6) is -0.528. The van der Waals surface area contributed by atoms with Gasteiger partial charge in [0.05, 0.1) is 13.2 Å². The average molecular weight is 383 g/mol. The van der Waals surface area contributed by atoms with Gasteiger partial charge in [-0.25, -0.2) is 4.79 Å². The number of hydrogen-bond acceptors (Lipinski definition) is 9. The van der Waals surface area contributed by atoms with Gasteiger partial charge in [-0.2, -0.15) is 0 Å². The van der Waals surface area contributed by atoms with Crippen LogP contribution in [0.1, 0.15) is 35.5 Å². The number of nitrogens with zero attached hydrogens (tertiary/aromatic N) is 3. The molecule has 144 valence electrons. The van der Waals surface area contributed by atoms with E-state index in [1.165, 1.54) is 18.4 Å². The number of anilines is 1. The molecule has 1 aliphatic heterocycles. The summed E-state index contributed by atoms with van der Waals surface area (Å²) in [4.78, 5) is 25.7. The average Bonchev–Trinajstić information content (AvgIpc) is 3.18. The van der Waals surface area contributed by atoms with Gasteiger partial charge in [-0.3, -0.25) is 4.79 Å². The highest BCUT2D eigenvalue weighted by molar-refractivity contribution is 7.17. The number of methoxy groups -OCH3 is 1. The minimum absolute atomic E-state index is 0.0161. The summed E-state index contributed by atoms with van der Waals surface area (Å²) >= 11 is 1.34. The number of amides is 1. The topological polar surface area (TPSA) is 106 Å². The maximum atomic E-state index is 12.4. The fourth-order valence-electron chi connectivity index (χ4n) is 3.16. The predicted molar refractivity (Wildman–Crippen MR) is 96.5 cm³/mol. The lowest BCUT2D eigenvalue weighted by molar-refractivity contribution is -0.148. The first-order valence-electron chi connectivity index (χ1n) is 8.94. The summed E-state index contributed by atoms with van der Waals surface area (Å²) in [6, 6.07) is 0.104. The van der Waals surface area contributed by atoms with Crippen LogP contribution in [-0.4, -0.2) is 74.1 Å². The van der Waals surface area contributed by atoms with E-state index in [0.29, 0.717) is 5.01 Å². The Hall–Kier alpha value is -1.78. The molecule has 2 aliphatic rings. The van der Waals surface area contributed by atoms with Crippen molar-refractivity contribution in [3.05, 3.63) is 5.01 Å². The van der Waals surface area contributed by atoms with E-state index in [2.05, 4.69) is 30.5 Å². The molecule has 2 N–H and O–H groups in total. The summed E-state index contributed by atoms with van der Waals surface area (Å²) in [5.41, 5.74) is 0. The molecule has 3 rings (SSSR count). The monoisotopic (exact) mass is 383 g/mol. The number of carbonyl (C=O) groups excluding carboxylic acids is 2. The largest absolute Gasteiger partial charge is 0.467 e. The van der Waals surface area contributed by atoms with Gasteiger partial charge < -0.3 is 25.0 Å². The minimum Gasteiger partial charge on any atom is -0.467 e. The third-order valence-corrected chi connectivity index (χ3v) is 5.65. The van der Waals surface area contributed by atoms with Crippen LogP contribution in [0.15, 0.2) is 0 Å². The van der Waals surface area contributed by atoms with Gasteiger partial charge in [0.25, 0.3) is 5.91 Å². The third kappa shape index (κ3) is 5.12. The number of carbonyl (C=O) groups is 2. The van der Waals surface area contributed by atoms with Crippen LogP contribution in [0.5, 0.6) is 0 Å². The second-order valence-electron chi connectivity index (χ2n) is 6.46. The molecule has 26 heavy (non-hydrogen) atoms. The Labute approximate surface area is 156 Å². The summed E-state index contributed by atoms with van der Waals surface area (Å²) in [7, 11) is 1.35. The minimum atomic E-state index is -0.364. The van der Waals surface area contributed by atoms with E-state index in [1.807, 2.05) is 0 Å². The highest BCUT2D eigenvalue weighted by atomic mass is 32.1. The van der Waals surface area contributed by atoms with Crippen molar-refractivity contribution in [1.29, 1.82) is 0 Å². The van der Waals surface area contributed by atoms with Gasteiger partial charge in [0, 0.05) is 32.2 Å². The zero-order chi connectivity index (χ0) is 18.4. The van der Waals surface area contributed by atoms with Gasteiger partial charge in [0.1, 0.15) is 6.61 Å². The summed E-state index contributed by atoms with van der Waals surface area (Å²) in [5, 5.41) is 15.7. The zero-order valence-corrected chi connectivity index (χ0v) is 15.7. The highest BCUT2D eigenvalue weighted by Gasteiger charge is 2.25. The highest BCUT2D eigenvalue weighted by Crippen LogP contribution is 2.23. The molecule has 2 heterocycles. The van der Waals surface area contributed by atoms with Gasteiger partial charge in [-0.05, 0) is 25.7 Å². The number of piperazine rings is 1. The molecule has 0 bridgehead atoms. The van der Waals surface area contributed by atoms with Crippen LogP contribution in [0.2, 0.25) is 0 Å². The van der Waals surface area contributed by atoms with Crippen molar-refractivity contribution in [3.8, 4) is 0 Å². The standard InChI is InChI=1S/C16H25N5O4S/c1-24-13(22)10-25-12-4-2-11(3-5-12)18-14(23)15-19-20-16(26-15)21-8-6-17-7-9-21/h11-12,17H,2-10H2,1H3,(H,18,23). The maximum Gasteiger partial charge on any atom is 0.331 e. The van der Waals surface area contributed by atoms with Crippen LogP contribution >= 0.6 is 11.3 Å². The Kier molecular flexibility index (Phi) is 6.75. The molecule has 2 fully saturated rings. The molecule has 1 amide bonds. The first kappa shape index (κ1) is 19.0. The molecule has 0 unspecified atom stereocenters. The van der Waals surface area contributed by atoms with Crippen LogP contribution in [0.25, 0.3) is 0 Å². The van der Waals surface area contributed by atoms with E-state index in [4.69, 9.17) is 4.74 Å². The molecule has 1 saturated heterocycles. The van der Waals surface area contributed by atoms with Gasteiger partial charge >= 0.3 is 5.97 Å². The molecule has 0 aromatic carbocycles. The second kappa shape index (κ2) is 9.24. The quantitative estimate of drug-likeness (QED) is 0.670. The van der Waals surface area contributed by atoms with Crippen molar-refractivity contribution in [2.45, 2.75) is 37.8 Å². The third-order valence-electron chi connectivity index (χ3n) is 4.67. The Balaban J connectivity index is 1.43. The molecule has 1 aliphatic carbocycles. The van der Waals surface area contributed by atoms with Crippen molar-refractivity contribution in [2.24, 2.45) is 0 Å². The van der Waals surface area contributed by atoms with Crippen LogP contribution in [-0.2, 0) is 14.3 Å². The smallest absolute Gasteiger partial charge is 0.331 e. The van der Waals surface area contributed by atoms with Crippen molar-refractivity contribution in [2.75, 3.05) is 44.8 Å². The number of nitrogens with one attached hydrogen (secondary N) is 2. The number of ether oxygens (including phenoxy) is 2. The van der Waals surface area contributed by atoms with E-state index in [-0.39, 0.29) is 30.6 Å². The van der Waals surface area contributed by atoms with Crippen LogP contribution in [0.3, 0.4) is 0 Å². The number of esters is 1. The molecule has 0 radical (unpaired) electrons.